The van der Waals surface area contributed by atoms with Gasteiger partial charge in [-0.2, -0.15) is 0 Å². The van der Waals surface area contributed by atoms with Gasteiger partial charge in [0, 0.05) is 20.6 Å². The summed E-state index contributed by atoms with van der Waals surface area (Å²) in [4.78, 5) is 0. The van der Waals surface area contributed by atoms with E-state index in [1.54, 1.807) is 14.2 Å². The van der Waals surface area contributed by atoms with Crippen molar-refractivity contribution in [2.24, 2.45) is 0 Å². The second kappa shape index (κ2) is 4.01. The summed E-state index contributed by atoms with van der Waals surface area (Å²) in [5, 5.41) is 9.07. The summed E-state index contributed by atoms with van der Waals surface area (Å²) in [6, 6.07) is 0. The van der Waals surface area contributed by atoms with Crippen molar-refractivity contribution < 1.29 is 19.3 Å². The average molecular weight is 162 g/mol. The van der Waals surface area contributed by atoms with Gasteiger partial charge in [0.2, 0.25) is 0 Å². The molecule has 0 aliphatic carbocycles. The van der Waals surface area contributed by atoms with Crippen molar-refractivity contribution in [2.45, 2.75) is 24.9 Å². The first-order chi connectivity index (χ1) is 5.27. The number of rotatable bonds is 2. The number of aliphatic hydroxyl groups is 1. The van der Waals surface area contributed by atoms with Gasteiger partial charge < -0.3 is 19.3 Å². The molecule has 0 radical (unpaired) electrons. The zero-order valence-electron chi connectivity index (χ0n) is 6.82. The molecule has 1 aliphatic heterocycles. The van der Waals surface area contributed by atoms with Crippen LogP contribution in [-0.2, 0) is 14.2 Å². The van der Waals surface area contributed by atoms with E-state index in [1.165, 1.54) is 0 Å². The van der Waals surface area contributed by atoms with E-state index in [2.05, 4.69) is 0 Å². The molecule has 1 rings (SSSR count). The minimum Gasteiger partial charge on any atom is -0.378 e. The van der Waals surface area contributed by atoms with E-state index in [1.807, 2.05) is 0 Å². The molecule has 0 aromatic heterocycles. The number of ether oxygens (including phenoxy) is 3. The fourth-order valence-electron chi connectivity index (χ4n) is 1.20. The third kappa shape index (κ3) is 2.13. The van der Waals surface area contributed by atoms with Gasteiger partial charge >= 0.3 is 0 Å². The SMILES string of the molecule is CO[C@H]1CC(O)OC[C@H]1OC. The molecule has 66 valence electrons. The highest BCUT2D eigenvalue weighted by atomic mass is 16.6. The van der Waals surface area contributed by atoms with Crippen LogP contribution in [0.1, 0.15) is 6.42 Å². The van der Waals surface area contributed by atoms with Crippen LogP contribution in [0.15, 0.2) is 0 Å². The van der Waals surface area contributed by atoms with Crippen LogP contribution in [0.2, 0.25) is 0 Å². The van der Waals surface area contributed by atoms with E-state index in [4.69, 9.17) is 19.3 Å². The van der Waals surface area contributed by atoms with Crippen LogP contribution < -0.4 is 0 Å². The Morgan fingerprint density at radius 2 is 1.91 bits per heavy atom. The molecule has 1 heterocycles. The zero-order valence-corrected chi connectivity index (χ0v) is 6.82. The summed E-state index contributed by atoms with van der Waals surface area (Å²) in [5.41, 5.74) is 0. The third-order valence-electron chi connectivity index (χ3n) is 1.91. The van der Waals surface area contributed by atoms with Crippen molar-refractivity contribution in [3.63, 3.8) is 0 Å². The lowest BCUT2D eigenvalue weighted by Gasteiger charge is -2.31. The predicted molar refractivity (Wildman–Crippen MR) is 38.2 cm³/mol. The third-order valence-corrected chi connectivity index (χ3v) is 1.91. The van der Waals surface area contributed by atoms with Gasteiger partial charge in [-0.3, -0.25) is 0 Å². The summed E-state index contributed by atoms with van der Waals surface area (Å²) in [6.45, 7) is 0.399. The maximum Gasteiger partial charge on any atom is 0.157 e. The van der Waals surface area contributed by atoms with Crippen LogP contribution in [0.3, 0.4) is 0 Å². The van der Waals surface area contributed by atoms with Crippen molar-refractivity contribution in [2.75, 3.05) is 20.8 Å². The van der Waals surface area contributed by atoms with E-state index in [0.717, 1.165) is 0 Å². The van der Waals surface area contributed by atoms with Crippen LogP contribution in [-0.4, -0.2) is 44.4 Å². The van der Waals surface area contributed by atoms with Crippen LogP contribution in [0.25, 0.3) is 0 Å². The molecular formula is C7H14O4. The number of hydrogen-bond acceptors (Lipinski definition) is 4. The van der Waals surface area contributed by atoms with Gasteiger partial charge in [-0.05, 0) is 0 Å². The molecule has 4 nitrogen and oxygen atoms in total. The molecule has 0 aromatic rings. The lowest BCUT2D eigenvalue weighted by atomic mass is 10.1. The fraction of sp³-hybridized carbons (Fsp3) is 1.00. The number of hydrogen-bond donors (Lipinski definition) is 1. The first-order valence-electron chi connectivity index (χ1n) is 3.63. The summed E-state index contributed by atoms with van der Waals surface area (Å²) in [7, 11) is 3.21. The maximum absolute atomic E-state index is 9.07. The smallest absolute Gasteiger partial charge is 0.157 e. The average Bonchev–Trinajstić information content (AvgIpc) is 2.04. The molecule has 1 aliphatic rings. The molecule has 1 saturated heterocycles. The van der Waals surface area contributed by atoms with E-state index >= 15 is 0 Å². The molecule has 1 N–H and O–H groups in total. The Labute approximate surface area is 66.1 Å². The van der Waals surface area contributed by atoms with Crippen molar-refractivity contribution >= 4 is 0 Å². The first kappa shape index (κ1) is 8.93. The lowest BCUT2D eigenvalue weighted by molar-refractivity contribution is -0.206. The largest absolute Gasteiger partial charge is 0.378 e. The van der Waals surface area contributed by atoms with Gasteiger partial charge in [-0.15, -0.1) is 0 Å². The molecule has 1 unspecified atom stereocenters. The molecule has 0 amide bonds. The minimum atomic E-state index is -0.702. The molecular weight excluding hydrogens is 148 g/mol. The highest BCUT2D eigenvalue weighted by molar-refractivity contribution is 4.75. The standard InChI is InChI=1S/C7H14O4/c1-9-5-3-7(8)11-4-6(5)10-2/h5-8H,3-4H2,1-2H3/t5-,6+,7?/m0/s1. The second-order valence-electron chi connectivity index (χ2n) is 2.57. The Balaban J connectivity index is 2.41. The van der Waals surface area contributed by atoms with Gasteiger partial charge in [0.15, 0.2) is 6.29 Å². The Hall–Kier alpha value is -0.160. The summed E-state index contributed by atoms with van der Waals surface area (Å²) in [5.74, 6) is 0. The number of methoxy groups -OCH3 is 2. The Morgan fingerprint density at radius 3 is 2.45 bits per heavy atom. The molecule has 0 aromatic carbocycles. The monoisotopic (exact) mass is 162 g/mol. The Kier molecular flexibility index (Phi) is 3.26. The summed E-state index contributed by atoms with van der Waals surface area (Å²) >= 11 is 0. The van der Waals surface area contributed by atoms with Crippen LogP contribution >= 0.6 is 0 Å². The number of aliphatic hydroxyl groups excluding tert-OH is 1. The van der Waals surface area contributed by atoms with E-state index in [-0.39, 0.29) is 12.2 Å². The molecule has 0 spiro atoms. The van der Waals surface area contributed by atoms with Gasteiger partial charge in [-0.25, -0.2) is 0 Å². The molecule has 0 saturated carbocycles. The van der Waals surface area contributed by atoms with Crippen molar-refractivity contribution in [1.82, 2.24) is 0 Å². The summed E-state index contributed by atoms with van der Waals surface area (Å²) < 4.78 is 15.1. The summed E-state index contributed by atoms with van der Waals surface area (Å²) in [6.07, 6.45) is -0.326. The maximum atomic E-state index is 9.07. The topological polar surface area (TPSA) is 47.9 Å². The zero-order chi connectivity index (χ0) is 8.27. The second-order valence-corrected chi connectivity index (χ2v) is 2.57. The minimum absolute atomic E-state index is 0.0521. The fourth-order valence-corrected chi connectivity index (χ4v) is 1.20. The van der Waals surface area contributed by atoms with Crippen LogP contribution in [0, 0.1) is 0 Å². The Bertz CT molecular complexity index is 117. The predicted octanol–water partition coefficient (Wildman–Crippen LogP) is -0.245. The van der Waals surface area contributed by atoms with Gasteiger partial charge in [0.25, 0.3) is 0 Å². The quantitative estimate of drug-likeness (QED) is 0.608. The van der Waals surface area contributed by atoms with E-state index in [9.17, 15) is 0 Å². The normalized spacial score (nSPS) is 39.0. The van der Waals surface area contributed by atoms with Gasteiger partial charge in [0.05, 0.1) is 12.7 Å². The van der Waals surface area contributed by atoms with Crippen molar-refractivity contribution in [1.29, 1.82) is 0 Å². The molecule has 11 heavy (non-hydrogen) atoms. The molecule has 4 heteroatoms. The highest BCUT2D eigenvalue weighted by Crippen LogP contribution is 2.16. The lowest BCUT2D eigenvalue weighted by Crippen LogP contribution is -2.43. The van der Waals surface area contributed by atoms with Gasteiger partial charge in [0.1, 0.15) is 6.10 Å². The van der Waals surface area contributed by atoms with Gasteiger partial charge in [-0.1, -0.05) is 0 Å². The van der Waals surface area contributed by atoms with E-state index < -0.39 is 6.29 Å². The van der Waals surface area contributed by atoms with Crippen molar-refractivity contribution in [3.05, 3.63) is 0 Å². The molecule has 0 bridgehead atoms. The highest BCUT2D eigenvalue weighted by Gasteiger charge is 2.29. The van der Waals surface area contributed by atoms with E-state index in [0.29, 0.717) is 13.0 Å². The first-order valence-corrected chi connectivity index (χ1v) is 3.63. The van der Waals surface area contributed by atoms with Crippen LogP contribution in [0.5, 0.6) is 0 Å². The van der Waals surface area contributed by atoms with Crippen LogP contribution in [0.4, 0.5) is 0 Å². The van der Waals surface area contributed by atoms with Crippen molar-refractivity contribution in [3.8, 4) is 0 Å². The molecule has 3 atom stereocenters. The molecule has 1 fully saturated rings. The Morgan fingerprint density at radius 1 is 1.27 bits per heavy atom.